The lowest BCUT2D eigenvalue weighted by Gasteiger charge is -2.29. The molecule has 0 saturated carbocycles. The maximum Gasteiger partial charge on any atom is 0.340 e. The number of benzene rings is 2. The Kier molecular flexibility index (Phi) is 7.19. The summed E-state index contributed by atoms with van der Waals surface area (Å²) < 4.78 is 5.71. The number of amides is 1. The summed E-state index contributed by atoms with van der Waals surface area (Å²) in [7, 11) is 0. The van der Waals surface area contributed by atoms with E-state index in [0.717, 1.165) is 11.4 Å². The van der Waals surface area contributed by atoms with Crippen molar-refractivity contribution in [3.05, 3.63) is 83.1 Å². The fourth-order valence-electron chi connectivity index (χ4n) is 2.97. The predicted molar refractivity (Wildman–Crippen MR) is 121 cm³/mol. The standard InChI is InChI=1S/C23H22BrN3O3/c1-16(2)27(20-6-4-3-5-7-20)21-10-8-19(9-11-21)26-22(28)15-30-23(29)17-12-18(24)14-25-13-17/h3-14,16H,15H2,1-2H3,(H,26,28). The van der Waals surface area contributed by atoms with Gasteiger partial charge >= 0.3 is 5.97 Å². The Hall–Kier alpha value is -3.19. The molecule has 0 aliphatic rings. The summed E-state index contributed by atoms with van der Waals surface area (Å²) in [6.07, 6.45) is 2.95. The summed E-state index contributed by atoms with van der Waals surface area (Å²) in [5.41, 5.74) is 3.01. The number of aromatic nitrogens is 1. The molecule has 7 heteroatoms. The van der Waals surface area contributed by atoms with Crippen molar-refractivity contribution in [2.45, 2.75) is 19.9 Å². The van der Waals surface area contributed by atoms with Crippen LogP contribution < -0.4 is 10.2 Å². The largest absolute Gasteiger partial charge is 0.452 e. The number of rotatable bonds is 7. The maximum atomic E-state index is 12.1. The molecule has 30 heavy (non-hydrogen) atoms. The summed E-state index contributed by atoms with van der Waals surface area (Å²) in [5.74, 6) is -1.02. The minimum atomic E-state index is -0.607. The quantitative estimate of drug-likeness (QED) is 0.484. The molecule has 0 bridgehead atoms. The topological polar surface area (TPSA) is 71.5 Å². The van der Waals surface area contributed by atoms with Crippen LogP contribution in [-0.4, -0.2) is 29.5 Å². The number of nitrogens with zero attached hydrogens (tertiary/aromatic N) is 2. The summed E-state index contributed by atoms with van der Waals surface area (Å²) in [6, 6.07) is 19.5. The molecule has 2 aromatic carbocycles. The average Bonchev–Trinajstić information content (AvgIpc) is 2.74. The number of anilines is 3. The summed E-state index contributed by atoms with van der Waals surface area (Å²) in [4.78, 5) is 30.3. The first-order valence-corrected chi connectivity index (χ1v) is 10.2. The summed E-state index contributed by atoms with van der Waals surface area (Å²) in [5, 5.41) is 2.74. The van der Waals surface area contributed by atoms with Crippen molar-refractivity contribution in [3.8, 4) is 0 Å². The van der Waals surface area contributed by atoms with Gasteiger partial charge in [-0.2, -0.15) is 0 Å². The maximum absolute atomic E-state index is 12.1. The van der Waals surface area contributed by atoms with Gasteiger partial charge < -0.3 is 15.0 Å². The Labute approximate surface area is 184 Å². The molecule has 3 aromatic rings. The first-order chi connectivity index (χ1) is 14.4. The zero-order valence-corrected chi connectivity index (χ0v) is 18.3. The van der Waals surface area contributed by atoms with Crippen molar-refractivity contribution in [3.63, 3.8) is 0 Å². The van der Waals surface area contributed by atoms with Gasteiger partial charge in [0.1, 0.15) is 0 Å². The van der Waals surface area contributed by atoms with E-state index in [1.807, 2.05) is 42.5 Å². The number of pyridine rings is 1. The summed E-state index contributed by atoms with van der Waals surface area (Å²) >= 11 is 3.24. The van der Waals surface area contributed by atoms with Gasteiger partial charge in [-0.25, -0.2) is 4.79 Å². The van der Waals surface area contributed by atoms with Gasteiger partial charge in [0.2, 0.25) is 0 Å². The molecule has 1 N–H and O–H groups in total. The van der Waals surface area contributed by atoms with Crippen LogP contribution in [0.25, 0.3) is 0 Å². The number of carbonyl (C=O) groups excluding carboxylic acids is 2. The third-order valence-electron chi connectivity index (χ3n) is 4.25. The Balaban J connectivity index is 1.59. The molecule has 1 aromatic heterocycles. The molecule has 0 aliphatic heterocycles. The fraction of sp³-hybridized carbons (Fsp3) is 0.174. The monoisotopic (exact) mass is 467 g/mol. The molecule has 0 radical (unpaired) electrons. The van der Waals surface area contributed by atoms with Crippen LogP contribution in [0.4, 0.5) is 17.1 Å². The van der Waals surface area contributed by atoms with E-state index in [0.29, 0.717) is 10.2 Å². The average molecular weight is 468 g/mol. The van der Waals surface area contributed by atoms with Crippen molar-refractivity contribution < 1.29 is 14.3 Å². The molecule has 1 heterocycles. The third kappa shape index (κ3) is 5.67. The molecular weight excluding hydrogens is 446 g/mol. The highest BCUT2D eigenvalue weighted by Crippen LogP contribution is 2.28. The molecule has 0 spiro atoms. The van der Waals surface area contributed by atoms with Crippen LogP contribution in [0.5, 0.6) is 0 Å². The van der Waals surface area contributed by atoms with Gasteiger partial charge in [0.15, 0.2) is 6.61 Å². The van der Waals surface area contributed by atoms with Gasteiger partial charge in [-0.3, -0.25) is 9.78 Å². The van der Waals surface area contributed by atoms with Crippen LogP contribution in [0.3, 0.4) is 0 Å². The Morgan fingerprint density at radius 2 is 1.70 bits per heavy atom. The van der Waals surface area contributed by atoms with Gasteiger partial charge in [-0.05, 0) is 72.2 Å². The molecule has 3 rings (SSSR count). The first-order valence-electron chi connectivity index (χ1n) is 9.46. The van der Waals surface area contributed by atoms with Gasteiger partial charge in [0.25, 0.3) is 5.91 Å². The van der Waals surface area contributed by atoms with E-state index in [9.17, 15) is 9.59 Å². The Morgan fingerprint density at radius 1 is 1.03 bits per heavy atom. The zero-order valence-electron chi connectivity index (χ0n) is 16.7. The Morgan fingerprint density at radius 3 is 2.33 bits per heavy atom. The zero-order chi connectivity index (χ0) is 21.5. The second-order valence-corrected chi connectivity index (χ2v) is 7.78. The number of ether oxygens (including phenoxy) is 1. The van der Waals surface area contributed by atoms with Gasteiger partial charge in [0.05, 0.1) is 5.56 Å². The fourth-order valence-corrected chi connectivity index (χ4v) is 3.34. The second kappa shape index (κ2) is 10.0. The molecule has 6 nitrogen and oxygen atoms in total. The van der Waals surface area contributed by atoms with Crippen LogP contribution >= 0.6 is 15.9 Å². The molecule has 0 fully saturated rings. The molecule has 0 aliphatic carbocycles. The van der Waals surface area contributed by atoms with Gasteiger partial charge in [-0.1, -0.05) is 18.2 Å². The van der Waals surface area contributed by atoms with Crippen molar-refractivity contribution in [1.82, 2.24) is 4.98 Å². The van der Waals surface area contributed by atoms with E-state index in [-0.39, 0.29) is 18.2 Å². The number of hydrogen-bond donors (Lipinski definition) is 1. The lowest BCUT2D eigenvalue weighted by atomic mass is 10.2. The molecular formula is C23H22BrN3O3. The third-order valence-corrected chi connectivity index (χ3v) is 4.69. The number of nitrogens with one attached hydrogen (secondary N) is 1. The lowest BCUT2D eigenvalue weighted by molar-refractivity contribution is -0.119. The molecule has 0 unspecified atom stereocenters. The lowest BCUT2D eigenvalue weighted by Crippen LogP contribution is -2.25. The number of hydrogen-bond acceptors (Lipinski definition) is 5. The van der Waals surface area contributed by atoms with Crippen molar-refractivity contribution in [2.75, 3.05) is 16.8 Å². The van der Waals surface area contributed by atoms with Crippen LogP contribution in [0.2, 0.25) is 0 Å². The van der Waals surface area contributed by atoms with Crippen LogP contribution in [0.15, 0.2) is 77.5 Å². The van der Waals surface area contributed by atoms with E-state index >= 15 is 0 Å². The van der Waals surface area contributed by atoms with E-state index in [1.54, 1.807) is 12.3 Å². The number of halogens is 1. The second-order valence-electron chi connectivity index (χ2n) is 6.86. The molecule has 154 valence electrons. The minimum absolute atomic E-state index is 0.264. The van der Waals surface area contributed by atoms with E-state index in [4.69, 9.17) is 4.74 Å². The van der Waals surface area contributed by atoms with Gasteiger partial charge in [0, 0.05) is 40.0 Å². The van der Waals surface area contributed by atoms with E-state index in [1.165, 1.54) is 6.20 Å². The number of esters is 1. The number of para-hydroxylation sites is 1. The molecule has 0 atom stereocenters. The number of carbonyl (C=O) groups is 2. The SMILES string of the molecule is CC(C)N(c1ccccc1)c1ccc(NC(=O)COC(=O)c2cncc(Br)c2)cc1. The van der Waals surface area contributed by atoms with Crippen LogP contribution in [-0.2, 0) is 9.53 Å². The molecule has 1 amide bonds. The Bertz CT molecular complexity index is 1010. The normalized spacial score (nSPS) is 10.5. The smallest absolute Gasteiger partial charge is 0.340 e. The first kappa shape index (κ1) is 21.5. The van der Waals surface area contributed by atoms with Crippen molar-refractivity contribution in [1.29, 1.82) is 0 Å². The predicted octanol–water partition coefficient (Wildman–Crippen LogP) is 5.19. The highest BCUT2D eigenvalue weighted by Gasteiger charge is 2.14. The summed E-state index contributed by atoms with van der Waals surface area (Å²) in [6.45, 7) is 3.87. The van der Waals surface area contributed by atoms with Crippen LogP contribution in [0.1, 0.15) is 24.2 Å². The highest BCUT2D eigenvalue weighted by atomic mass is 79.9. The minimum Gasteiger partial charge on any atom is -0.452 e. The van der Waals surface area contributed by atoms with Crippen molar-refractivity contribution >= 4 is 44.9 Å². The highest BCUT2D eigenvalue weighted by molar-refractivity contribution is 9.10. The van der Waals surface area contributed by atoms with Crippen LogP contribution in [0, 0.1) is 0 Å². The molecule has 0 saturated heterocycles. The van der Waals surface area contributed by atoms with Crippen molar-refractivity contribution in [2.24, 2.45) is 0 Å². The van der Waals surface area contributed by atoms with E-state index in [2.05, 4.69) is 57.1 Å². The van der Waals surface area contributed by atoms with Gasteiger partial charge in [-0.15, -0.1) is 0 Å². The van der Waals surface area contributed by atoms with E-state index < -0.39 is 11.9 Å².